The van der Waals surface area contributed by atoms with Crippen LogP contribution in [0, 0.1) is 0 Å². The minimum absolute atomic E-state index is 0.0634. The maximum atomic E-state index is 12.2. The first-order valence-electron chi connectivity index (χ1n) is 6.15. The molecular weight excluding hydrogens is 282 g/mol. The predicted molar refractivity (Wildman–Crippen MR) is 73.8 cm³/mol. The van der Waals surface area contributed by atoms with Crippen LogP contribution in [0.4, 0.5) is 0 Å². The smallest absolute Gasteiger partial charge is 0.255 e. The molecule has 2 rings (SSSR count). The molecule has 0 saturated carbocycles. The maximum Gasteiger partial charge on any atom is 0.255 e. The highest BCUT2D eigenvalue weighted by Gasteiger charge is 2.39. The van der Waals surface area contributed by atoms with Gasteiger partial charge in [-0.05, 0) is 25.5 Å². The van der Waals surface area contributed by atoms with E-state index in [0.29, 0.717) is 6.42 Å². The van der Waals surface area contributed by atoms with Gasteiger partial charge in [0.05, 0.1) is 29.7 Å². The number of hydrogen-bond donors (Lipinski definition) is 2. The van der Waals surface area contributed by atoms with E-state index in [-0.39, 0.29) is 28.6 Å². The van der Waals surface area contributed by atoms with Crippen LogP contribution in [-0.2, 0) is 9.84 Å². The van der Waals surface area contributed by atoms with E-state index in [4.69, 9.17) is 4.74 Å². The lowest BCUT2D eigenvalue weighted by Gasteiger charge is -2.24. The van der Waals surface area contributed by atoms with Crippen molar-refractivity contribution in [3.63, 3.8) is 0 Å². The first kappa shape index (κ1) is 14.6. The average molecular weight is 299 g/mol. The highest BCUT2D eigenvalue weighted by Crippen LogP contribution is 2.30. The number of aromatic hydroxyl groups is 1. The van der Waals surface area contributed by atoms with Crippen molar-refractivity contribution in [3.05, 3.63) is 23.8 Å². The Balaban J connectivity index is 2.21. The number of ether oxygens (including phenoxy) is 1. The van der Waals surface area contributed by atoms with E-state index < -0.39 is 21.3 Å². The lowest BCUT2D eigenvalue weighted by atomic mass is 10.0. The fourth-order valence-corrected chi connectivity index (χ4v) is 4.41. The molecule has 1 aliphatic heterocycles. The molecular formula is C13H17NO5S. The van der Waals surface area contributed by atoms with Gasteiger partial charge in [-0.15, -0.1) is 0 Å². The Kier molecular flexibility index (Phi) is 3.64. The summed E-state index contributed by atoms with van der Waals surface area (Å²) in [5.74, 6) is -0.593. The molecule has 110 valence electrons. The molecule has 0 spiro atoms. The van der Waals surface area contributed by atoms with Crippen LogP contribution < -0.4 is 10.1 Å². The number of para-hydroxylation sites is 1. The molecule has 1 fully saturated rings. The van der Waals surface area contributed by atoms with Crippen LogP contribution in [0.15, 0.2) is 18.2 Å². The molecule has 6 nitrogen and oxygen atoms in total. The van der Waals surface area contributed by atoms with Crippen LogP contribution in [0.5, 0.6) is 11.5 Å². The van der Waals surface area contributed by atoms with Crippen LogP contribution in [-0.4, -0.2) is 43.6 Å². The SMILES string of the molecule is COc1cccc(C(=O)NC2(C)CCS(=O)(=O)C2)c1O. The van der Waals surface area contributed by atoms with Crippen molar-refractivity contribution >= 4 is 15.7 Å². The second-order valence-corrected chi connectivity index (χ2v) is 7.40. The third-order valence-corrected chi connectivity index (χ3v) is 5.29. The number of benzene rings is 1. The van der Waals surface area contributed by atoms with Gasteiger partial charge in [0.15, 0.2) is 21.3 Å². The summed E-state index contributed by atoms with van der Waals surface area (Å²) in [6.07, 6.45) is 0.367. The number of amides is 1. The van der Waals surface area contributed by atoms with Crippen molar-refractivity contribution in [1.82, 2.24) is 5.32 Å². The van der Waals surface area contributed by atoms with E-state index in [0.717, 1.165) is 0 Å². The van der Waals surface area contributed by atoms with E-state index >= 15 is 0 Å². The normalized spacial score (nSPS) is 24.3. The van der Waals surface area contributed by atoms with Gasteiger partial charge < -0.3 is 15.2 Å². The molecule has 1 aromatic carbocycles. The molecule has 20 heavy (non-hydrogen) atoms. The number of hydrogen-bond acceptors (Lipinski definition) is 5. The Bertz CT molecular complexity index is 640. The summed E-state index contributed by atoms with van der Waals surface area (Å²) in [7, 11) is -1.72. The summed E-state index contributed by atoms with van der Waals surface area (Å²) in [5, 5.41) is 12.6. The van der Waals surface area contributed by atoms with Gasteiger partial charge in [0.25, 0.3) is 5.91 Å². The Morgan fingerprint density at radius 2 is 2.15 bits per heavy atom. The Labute approximate surface area is 117 Å². The highest BCUT2D eigenvalue weighted by molar-refractivity contribution is 7.91. The number of methoxy groups -OCH3 is 1. The molecule has 2 N–H and O–H groups in total. The zero-order chi connectivity index (χ0) is 15.0. The molecule has 7 heteroatoms. The van der Waals surface area contributed by atoms with E-state index in [1.807, 2.05) is 0 Å². The van der Waals surface area contributed by atoms with Crippen LogP contribution in [0.25, 0.3) is 0 Å². The van der Waals surface area contributed by atoms with Crippen molar-refractivity contribution in [2.75, 3.05) is 18.6 Å². The second kappa shape index (κ2) is 4.97. The molecule has 0 bridgehead atoms. The Morgan fingerprint density at radius 3 is 2.70 bits per heavy atom. The van der Waals surface area contributed by atoms with Gasteiger partial charge in [0, 0.05) is 0 Å². The molecule has 0 aromatic heterocycles. The van der Waals surface area contributed by atoms with Crippen LogP contribution in [0.2, 0.25) is 0 Å². The zero-order valence-corrected chi connectivity index (χ0v) is 12.2. The number of carbonyl (C=O) groups is 1. The largest absolute Gasteiger partial charge is 0.504 e. The fraction of sp³-hybridized carbons (Fsp3) is 0.462. The lowest BCUT2D eigenvalue weighted by Crippen LogP contribution is -2.46. The van der Waals surface area contributed by atoms with Crippen molar-refractivity contribution in [2.45, 2.75) is 18.9 Å². The second-order valence-electron chi connectivity index (χ2n) is 5.21. The molecule has 1 unspecified atom stereocenters. The summed E-state index contributed by atoms with van der Waals surface area (Å²) in [6.45, 7) is 1.69. The van der Waals surface area contributed by atoms with E-state index in [9.17, 15) is 18.3 Å². The minimum Gasteiger partial charge on any atom is -0.504 e. The van der Waals surface area contributed by atoms with Crippen molar-refractivity contribution < 1.29 is 23.1 Å². The maximum absolute atomic E-state index is 12.2. The number of phenols is 1. The standard InChI is InChI=1S/C13H17NO5S/c1-13(6-7-20(17,18)8-13)14-12(16)9-4-3-5-10(19-2)11(9)15/h3-5,15H,6-8H2,1-2H3,(H,14,16). The van der Waals surface area contributed by atoms with E-state index in [1.165, 1.54) is 19.2 Å². The summed E-state index contributed by atoms with van der Waals surface area (Å²) >= 11 is 0. The number of nitrogens with one attached hydrogen (secondary N) is 1. The third-order valence-electron chi connectivity index (χ3n) is 3.38. The number of sulfone groups is 1. The molecule has 1 aromatic rings. The van der Waals surface area contributed by atoms with E-state index in [2.05, 4.69) is 5.32 Å². The van der Waals surface area contributed by atoms with Gasteiger partial charge in [-0.1, -0.05) is 6.07 Å². The number of phenolic OH excluding ortho intramolecular Hbond substituents is 1. The van der Waals surface area contributed by atoms with Crippen molar-refractivity contribution in [2.24, 2.45) is 0 Å². The van der Waals surface area contributed by atoms with Gasteiger partial charge in [-0.25, -0.2) is 8.42 Å². The van der Waals surface area contributed by atoms with E-state index in [1.54, 1.807) is 13.0 Å². The van der Waals surface area contributed by atoms with Crippen molar-refractivity contribution in [3.8, 4) is 11.5 Å². The molecule has 0 radical (unpaired) electrons. The predicted octanol–water partition coefficient (Wildman–Crippen LogP) is 0.708. The van der Waals surface area contributed by atoms with Gasteiger partial charge >= 0.3 is 0 Å². The van der Waals surface area contributed by atoms with Crippen LogP contribution >= 0.6 is 0 Å². The summed E-state index contributed by atoms with van der Waals surface area (Å²) in [5.41, 5.74) is -0.735. The quantitative estimate of drug-likeness (QED) is 0.857. The van der Waals surface area contributed by atoms with Crippen molar-refractivity contribution in [1.29, 1.82) is 0 Å². The Hall–Kier alpha value is -1.76. The number of rotatable bonds is 3. The Morgan fingerprint density at radius 1 is 1.45 bits per heavy atom. The van der Waals surface area contributed by atoms with Gasteiger partial charge in [0.1, 0.15) is 0 Å². The summed E-state index contributed by atoms with van der Waals surface area (Å²) in [4.78, 5) is 12.2. The lowest BCUT2D eigenvalue weighted by molar-refractivity contribution is 0.0912. The molecule has 1 saturated heterocycles. The fourth-order valence-electron chi connectivity index (χ4n) is 2.32. The summed E-state index contributed by atoms with van der Waals surface area (Å²) < 4.78 is 28.0. The van der Waals surface area contributed by atoms with Gasteiger partial charge in [-0.2, -0.15) is 0 Å². The average Bonchev–Trinajstić information content (AvgIpc) is 2.63. The molecule has 0 aliphatic carbocycles. The topological polar surface area (TPSA) is 92.7 Å². The molecule has 1 amide bonds. The number of carbonyl (C=O) groups excluding carboxylic acids is 1. The highest BCUT2D eigenvalue weighted by atomic mass is 32.2. The molecule has 1 atom stereocenters. The monoisotopic (exact) mass is 299 g/mol. The molecule has 1 heterocycles. The summed E-state index contributed by atoms with van der Waals surface area (Å²) in [6, 6.07) is 4.58. The van der Waals surface area contributed by atoms with Crippen LogP contribution in [0.3, 0.4) is 0 Å². The first-order chi connectivity index (χ1) is 9.26. The first-order valence-corrected chi connectivity index (χ1v) is 7.97. The zero-order valence-electron chi connectivity index (χ0n) is 11.3. The van der Waals surface area contributed by atoms with Gasteiger partial charge in [0.2, 0.25) is 0 Å². The third kappa shape index (κ3) is 2.87. The molecule has 1 aliphatic rings. The van der Waals surface area contributed by atoms with Gasteiger partial charge in [-0.3, -0.25) is 4.79 Å². The minimum atomic E-state index is -3.11. The van der Waals surface area contributed by atoms with Crippen LogP contribution in [0.1, 0.15) is 23.7 Å².